The molecule has 1 saturated heterocycles. The number of benzene rings is 1. The smallest absolute Gasteiger partial charge is 0.248 e. The number of carbonyl (C=O) groups is 1. The van der Waals surface area contributed by atoms with Crippen molar-refractivity contribution in [3.63, 3.8) is 0 Å². The number of nitrogen functional groups attached to an aromatic ring is 1. The summed E-state index contributed by atoms with van der Waals surface area (Å²) in [5.41, 5.74) is 13.0. The fourth-order valence-electron chi connectivity index (χ4n) is 1.88. The van der Waals surface area contributed by atoms with Gasteiger partial charge in [0, 0.05) is 12.1 Å². The summed E-state index contributed by atoms with van der Waals surface area (Å²) < 4.78 is 0. The van der Waals surface area contributed by atoms with Gasteiger partial charge in [0.25, 0.3) is 0 Å². The lowest BCUT2D eigenvalue weighted by atomic mass is 10.1. The van der Waals surface area contributed by atoms with Gasteiger partial charge in [-0.15, -0.1) is 0 Å². The predicted molar refractivity (Wildman–Crippen MR) is 73.3 cm³/mol. The molecular formula is C12H17N3OS. The van der Waals surface area contributed by atoms with E-state index >= 15 is 0 Å². The van der Waals surface area contributed by atoms with Crippen molar-refractivity contribution in [1.29, 1.82) is 0 Å². The van der Waals surface area contributed by atoms with E-state index in [1.165, 1.54) is 17.9 Å². The normalized spacial score (nSPS) is 19.2. The molecule has 1 aliphatic rings. The minimum atomic E-state index is -0.449. The average molecular weight is 251 g/mol. The van der Waals surface area contributed by atoms with Crippen LogP contribution in [0.4, 0.5) is 11.4 Å². The van der Waals surface area contributed by atoms with Crippen LogP contribution in [-0.4, -0.2) is 24.0 Å². The standard InChI is InChI=1S/C12H17N3OS/c13-10-5-9(12(14)16)1-2-11(10)15-6-8-3-4-17-7-8/h1-2,5,8,15H,3-4,6-7,13H2,(H2,14,16). The van der Waals surface area contributed by atoms with E-state index in [2.05, 4.69) is 5.32 Å². The largest absolute Gasteiger partial charge is 0.397 e. The molecule has 1 aromatic carbocycles. The lowest BCUT2D eigenvalue weighted by Crippen LogP contribution is -2.15. The van der Waals surface area contributed by atoms with Crippen LogP contribution >= 0.6 is 11.8 Å². The molecule has 1 aliphatic heterocycles. The summed E-state index contributed by atoms with van der Waals surface area (Å²) in [5, 5.41) is 3.33. The maximum absolute atomic E-state index is 11.0. The molecule has 1 heterocycles. The first-order chi connectivity index (χ1) is 8.16. The fourth-order valence-corrected chi connectivity index (χ4v) is 3.16. The summed E-state index contributed by atoms with van der Waals surface area (Å²) in [7, 11) is 0. The molecule has 1 atom stereocenters. The topological polar surface area (TPSA) is 81.1 Å². The summed E-state index contributed by atoms with van der Waals surface area (Å²) in [6, 6.07) is 5.13. The number of amides is 1. The van der Waals surface area contributed by atoms with Crippen LogP contribution in [0.25, 0.3) is 0 Å². The van der Waals surface area contributed by atoms with Crippen LogP contribution in [0.1, 0.15) is 16.8 Å². The molecule has 1 amide bonds. The summed E-state index contributed by atoms with van der Waals surface area (Å²) in [5.74, 6) is 2.74. The number of nitrogens with one attached hydrogen (secondary N) is 1. The molecule has 5 N–H and O–H groups in total. The Kier molecular flexibility index (Phi) is 3.78. The molecule has 0 aromatic heterocycles. The van der Waals surface area contributed by atoms with Gasteiger partial charge in [0.1, 0.15) is 0 Å². The average Bonchev–Trinajstić information content (AvgIpc) is 2.80. The van der Waals surface area contributed by atoms with E-state index in [0.29, 0.717) is 11.3 Å². The molecule has 5 heteroatoms. The molecule has 0 radical (unpaired) electrons. The van der Waals surface area contributed by atoms with Crippen LogP contribution in [0.2, 0.25) is 0 Å². The van der Waals surface area contributed by atoms with Crippen molar-refractivity contribution >= 4 is 29.0 Å². The number of hydrogen-bond acceptors (Lipinski definition) is 4. The number of anilines is 2. The lowest BCUT2D eigenvalue weighted by molar-refractivity contribution is 0.100. The Morgan fingerprint density at radius 1 is 1.53 bits per heavy atom. The highest BCUT2D eigenvalue weighted by Crippen LogP contribution is 2.25. The van der Waals surface area contributed by atoms with Crippen LogP contribution in [-0.2, 0) is 0 Å². The molecule has 17 heavy (non-hydrogen) atoms. The van der Waals surface area contributed by atoms with E-state index in [1.54, 1.807) is 12.1 Å². The highest BCUT2D eigenvalue weighted by Gasteiger charge is 2.15. The molecule has 1 fully saturated rings. The zero-order valence-electron chi connectivity index (χ0n) is 9.61. The fraction of sp³-hybridized carbons (Fsp3) is 0.417. The van der Waals surface area contributed by atoms with Gasteiger partial charge in [0.15, 0.2) is 0 Å². The SMILES string of the molecule is NC(=O)c1ccc(NCC2CCSC2)c(N)c1. The Balaban J connectivity index is 1.98. The van der Waals surface area contributed by atoms with E-state index in [9.17, 15) is 4.79 Å². The first-order valence-electron chi connectivity index (χ1n) is 5.68. The lowest BCUT2D eigenvalue weighted by Gasteiger charge is -2.13. The summed E-state index contributed by atoms with van der Waals surface area (Å²) in [4.78, 5) is 11.0. The molecule has 1 unspecified atom stereocenters. The van der Waals surface area contributed by atoms with Gasteiger partial charge in [-0.3, -0.25) is 4.79 Å². The minimum absolute atomic E-state index is 0.449. The third-order valence-electron chi connectivity index (χ3n) is 2.94. The van der Waals surface area contributed by atoms with Gasteiger partial charge in [-0.1, -0.05) is 0 Å². The van der Waals surface area contributed by atoms with Crippen LogP contribution in [0.5, 0.6) is 0 Å². The van der Waals surface area contributed by atoms with Gasteiger partial charge in [0.2, 0.25) is 5.91 Å². The van der Waals surface area contributed by atoms with Gasteiger partial charge in [-0.05, 0) is 42.0 Å². The van der Waals surface area contributed by atoms with Crippen LogP contribution in [0.15, 0.2) is 18.2 Å². The van der Waals surface area contributed by atoms with E-state index in [-0.39, 0.29) is 0 Å². The number of rotatable bonds is 4. The monoisotopic (exact) mass is 251 g/mol. The molecule has 2 rings (SSSR count). The Labute approximate surface area is 105 Å². The summed E-state index contributed by atoms with van der Waals surface area (Å²) >= 11 is 2.00. The second kappa shape index (κ2) is 5.31. The molecule has 0 saturated carbocycles. The van der Waals surface area contributed by atoms with E-state index < -0.39 is 5.91 Å². The maximum atomic E-state index is 11.0. The van der Waals surface area contributed by atoms with Crippen molar-refractivity contribution < 1.29 is 4.79 Å². The zero-order chi connectivity index (χ0) is 12.3. The summed E-state index contributed by atoms with van der Waals surface area (Å²) in [6.07, 6.45) is 1.26. The molecule has 0 aliphatic carbocycles. The molecule has 1 aromatic rings. The van der Waals surface area contributed by atoms with E-state index in [0.717, 1.165) is 18.2 Å². The van der Waals surface area contributed by atoms with Gasteiger partial charge in [-0.25, -0.2) is 0 Å². The van der Waals surface area contributed by atoms with Crippen LogP contribution in [0, 0.1) is 5.92 Å². The second-order valence-corrected chi connectivity index (χ2v) is 5.43. The van der Waals surface area contributed by atoms with Gasteiger partial charge in [0.05, 0.1) is 11.4 Å². The van der Waals surface area contributed by atoms with Crippen molar-refractivity contribution in [2.24, 2.45) is 11.7 Å². The van der Waals surface area contributed by atoms with E-state index in [4.69, 9.17) is 11.5 Å². The van der Waals surface area contributed by atoms with E-state index in [1.807, 2.05) is 17.8 Å². The van der Waals surface area contributed by atoms with Crippen molar-refractivity contribution in [2.45, 2.75) is 6.42 Å². The third kappa shape index (κ3) is 3.06. The van der Waals surface area contributed by atoms with Crippen molar-refractivity contribution in [3.05, 3.63) is 23.8 Å². The number of nitrogens with two attached hydrogens (primary N) is 2. The molecule has 0 bridgehead atoms. The Hall–Kier alpha value is -1.36. The van der Waals surface area contributed by atoms with Crippen molar-refractivity contribution in [2.75, 3.05) is 29.1 Å². The Bertz CT molecular complexity index is 416. The molecule has 92 valence electrons. The highest BCUT2D eigenvalue weighted by molar-refractivity contribution is 7.99. The first-order valence-corrected chi connectivity index (χ1v) is 6.83. The Morgan fingerprint density at radius 2 is 2.35 bits per heavy atom. The van der Waals surface area contributed by atoms with Crippen LogP contribution < -0.4 is 16.8 Å². The van der Waals surface area contributed by atoms with Gasteiger partial charge in [-0.2, -0.15) is 11.8 Å². The predicted octanol–water partition coefficient (Wildman–Crippen LogP) is 1.53. The maximum Gasteiger partial charge on any atom is 0.248 e. The quantitative estimate of drug-likeness (QED) is 0.709. The van der Waals surface area contributed by atoms with Crippen molar-refractivity contribution in [1.82, 2.24) is 0 Å². The summed E-state index contributed by atoms with van der Waals surface area (Å²) in [6.45, 7) is 0.938. The van der Waals surface area contributed by atoms with Crippen molar-refractivity contribution in [3.8, 4) is 0 Å². The van der Waals surface area contributed by atoms with Crippen LogP contribution in [0.3, 0.4) is 0 Å². The zero-order valence-corrected chi connectivity index (χ0v) is 10.4. The Morgan fingerprint density at radius 3 is 2.94 bits per heavy atom. The second-order valence-electron chi connectivity index (χ2n) is 4.28. The highest BCUT2D eigenvalue weighted by atomic mass is 32.2. The van der Waals surface area contributed by atoms with Gasteiger partial charge >= 0.3 is 0 Å². The number of carbonyl (C=O) groups excluding carboxylic acids is 1. The number of primary amides is 1. The first kappa shape index (κ1) is 12.1. The third-order valence-corrected chi connectivity index (χ3v) is 4.17. The number of thioether (sulfide) groups is 1. The molecule has 0 spiro atoms. The molecule has 4 nitrogen and oxygen atoms in total. The minimum Gasteiger partial charge on any atom is -0.397 e. The van der Waals surface area contributed by atoms with Gasteiger partial charge < -0.3 is 16.8 Å². The molecular weight excluding hydrogens is 234 g/mol. The number of hydrogen-bond donors (Lipinski definition) is 3.